The van der Waals surface area contributed by atoms with Gasteiger partial charge in [0.1, 0.15) is 5.75 Å². The Kier molecular flexibility index (Phi) is 6.97. The SMILES string of the molecule is C=COc1ccc(C)c(C(=O)NC2(c3cc(-c4ncccn4)cc4ncccc34)CC2)c1.CN1CCC1.[HH]. The predicted molar refractivity (Wildman–Crippen MR) is 147 cm³/mol. The molecular weight excluding hydrogens is 462 g/mol. The average molecular weight is 496 g/mol. The van der Waals surface area contributed by atoms with Crippen molar-refractivity contribution in [3.63, 3.8) is 0 Å². The molecule has 1 saturated heterocycles. The number of carbonyl (C=O) groups is 1. The van der Waals surface area contributed by atoms with Crippen LogP contribution >= 0.6 is 0 Å². The van der Waals surface area contributed by atoms with Crippen molar-refractivity contribution in [2.45, 2.75) is 31.7 Å². The first-order chi connectivity index (χ1) is 18.0. The van der Waals surface area contributed by atoms with Crippen molar-refractivity contribution >= 4 is 16.8 Å². The number of ether oxygens (including phenoxy) is 1. The van der Waals surface area contributed by atoms with Crippen LogP contribution in [0, 0.1) is 6.92 Å². The highest BCUT2D eigenvalue weighted by molar-refractivity contribution is 5.98. The van der Waals surface area contributed by atoms with E-state index in [1.54, 1.807) is 30.7 Å². The zero-order valence-corrected chi connectivity index (χ0v) is 21.3. The summed E-state index contributed by atoms with van der Waals surface area (Å²) in [6.07, 6.45) is 9.68. The third-order valence-electron chi connectivity index (χ3n) is 6.92. The predicted octanol–water partition coefficient (Wildman–Crippen LogP) is 5.51. The van der Waals surface area contributed by atoms with E-state index < -0.39 is 5.54 Å². The van der Waals surface area contributed by atoms with E-state index in [9.17, 15) is 4.79 Å². The van der Waals surface area contributed by atoms with Crippen LogP contribution in [0.5, 0.6) is 5.75 Å². The van der Waals surface area contributed by atoms with Crippen LogP contribution in [0.3, 0.4) is 0 Å². The fourth-order valence-corrected chi connectivity index (χ4v) is 4.52. The largest absolute Gasteiger partial charge is 0.466 e. The summed E-state index contributed by atoms with van der Waals surface area (Å²) in [5.41, 5.74) is 3.78. The maximum Gasteiger partial charge on any atom is 0.252 e. The van der Waals surface area contributed by atoms with Crippen molar-refractivity contribution in [2.24, 2.45) is 0 Å². The van der Waals surface area contributed by atoms with Crippen molar-refractivity contribution in [3.05, 3.63) is 96.7 Å². The van der Waals surface area contributed by atoms with Crippen molar-refractivity contribution in [1.29, 1.82) is 0 Å². The molecule has 4 aromatic rings. The maximum absolute atomic E-state index is 13.3. The summed E-state index contributed by atoms with van der Waals surface area (Å²) in [7, 11) is 2.14. The highest BCUT2D eigenvalue weighted by Gasteiger charge is 2.47. The third kappa shape index (κ3) is 5.37. The second-order valence-corrected chi connectivity index (χ2v) is 9.62. The molecule has 37 heavy (non-hydrogen) atoms. The van der Waals surface area contributed by atoms with E-state index in [0.717, 1.165) is 40.4 Å². The van der Waals surface area contributed by atoms with Gasteiger partial charge in [-0.25, -0.2) is 9.97 Å². The summed E-state index contributed by atoms with van der Waals surface area (Å²) >= 11 is 0. The first kappa shape index (κ1) is 24.6. The van der Waals surface area contributed by atoms with Crippen LogP contribution in [-0.4, -0.2) is 45.9 Å². The minimum atomic E-state index is -0.453. The van der Waals surface area contributed by atoms with Gasteiger partial charge in [0.05, 0.1) is 17.3 Å². The van der Waals surface area contributed by atoms with Gasteiger partial charge in [-0.05, 0) is 93.8 Å². The Labute approximate surface area is 218 Å². The van der Waals surface area contributed by atoms with Crippen LogP contribution in [0.2, 0.25) is 0 Å². The Balaban J connectivity index is 0.000000504. The molecule has 0 unspecified atom stereocenters. The Morgan fingerprint density at radius 2 is 1.81 bits per heavy atom. The quantitative estimate of drug-likeness (QED) is 0.355. The number of amides is 1. The van der Waals surface area contributed by atoms with Gasteiger partial charge in [-0.15, -0.1) is 0 Å². The van der Waals surface area contributed by atoms with Gasteiger partial charge in [-0.3, -0.25) is 9.78 Å². The lowest BCUT2D eigenvalue weighted by atomic mass is 9.95. The normalized spacial score (nSPS) is 15.6. The molecule has 190 valence electrons. The molecule has 0 atom stereocenters. The monoisotopic (exact) mass is 495 g/mol. The molecule has 2 aromatic carbocycles. The number of hydrogen-bond donors (Lipinski definition) is 1. The summed E-state index contributed by atoms with van der Waals surface area (Å²) in [6, 6.07) is 15.3. The lowest BCUT2D eigenvalue weighted by Crippen LogP contribution is -2.35. The number of nitrogens with one attached hydrogen (secondary N) is 1. The fourth-order valence-electron chi connectivity index (χ4n) is 4.52. The zero-order chi connectivity index (χ0) is 25.8. The van der Waals surface area contributed by atoms with Gasteiger partial charge in [0.2, 0.25) is 0 Å². The Morgan fingerprint density at radius 1 is 1.08 bits per heavy atom. The smallest absolute Gasteiger partial charge is 0.252 e. The second kappa shape index (κ2) is 10.5. The summed E-state index contributed by atoms with van der Waals surface area (Å²) in [6.45, 7) is 8.14. The first-order valence-electron chi connectivity index (χ1n) is 12.5. The van der Waals surface area contributed by atoms with Crippen molar-refractivity contribution < 1.29 is 11.0 Å². The molecule has 7 heteroatoms. The van der Waals surface area contributed by atoms with Gasteiger partial charge in [0.15, 0.2) is 5.82 Å². The molecule has 1 amide bonds. The molecule has 1 saturated carbocycles. The minimum absolute atomic E-state index is 0. The number of aryl methyl sites for hydroxylation is 1. The van der Waals surface area contributed by atoms with Crippen molar-refractivity contribution in [3.8, 4) is 17.1 Å². The van der Waals surface area contributed by atoms with Crippen molar-refractivity contribution in [2.75, 3.05) is 20.1 Å². The summed E-state index contributed by atoms with van der Waals surface area (Å²) in [4.78, 5) is 29.0. The maximum atomic E-state index is 13.3. The Bertz CT molecular complexity index is 1440. The Morgan fingerprint density at radius 3 is 2.46 bits per heavy atom. The number of carbonyl (C=O) groups excluding carboxylic acids is 1. The van der Waals surface area contributed by atoms with E-state index in [0.29, 0.717) is 17.1 Å². The van der Waals surface area contributed by atoms with Crippen LogP contribution in [-0.2, 0) is 5.54 Å². The Hall–Kier alpha value is -4.10. The molecule has 0 radical (unpaired) electrons. The molecule has 6 rings (SSSR count). The first-order valence-corrected chi connectivity index (χ1v) is 12.5. The molecule has 2 aliphatic rings. The van der Waals surface area contributed by atoms with Crippen LogP contribution in [0.25, 0.3) is 22.3 Å². The van der Waals surface area contributed by atoms with Crippen LogP contribution < -0.4 is 10.1 Å². The van der Waals surface area contributed by atoms with Gasteiger partial charge in [0, 0.05) is 36.5 Å². The minimum Gasteiger partial charge on any atom is -0.466 e. The number of benzene rings is 2. The molecule has 1 aliphatic heterocycles. The second-order valence-electron chi connectivity index (χ2n) is 9.62. The molecule has 2 aromatic heterocycles. The fraction of sp³-hybridized carbons (Fsp3) is 0.267. The van der Waals surface area contributed by atoms with Crippen LogP contribution in [0.15, 0.2) is 80.0 Å². The van der Waals surface area contributed by atoms with Gasteiger partial charge in [-0.1, -0.05) is 18.7 Å². The van der Waals surface area contributed by atoms with Crippen LogP contribution in [0.4, 0.5) is 0 Å². The third-order valence-corrected chi connectivity index (χ3v) is 6.92. The number of fused-ring (bicyclic) bond motifs is 1. The number of pyridine rings is 1. The molecule has 2 fully saturated rings. The standard InChI is InChI=1S/C26H22N4O2.C4H9N.H2/c1-3-32-19-8-7-17(2)21(16-19)25(31)30-26(9-10-26)22-14-18(24-28-12-5-13-29-24)15-23-20(22)6-4-11-27-23;1-5-3-2-4-5;/h3-8,11-16H,1,9-10H2,2H3,(H,30,31);2-4H2,1H3;1H. The number of rotatable bonds is 6. The summed E-state index contributed by atoms with van der Waals surface area (Å²) < 4.78 is 5.37. The highest BCUT2D eigenvalue weighted by Crippen LogP contribution is 2.49. The summed E-state index contributed by atoms with van der Waals surface area (Å²) in [5, 5.41) is 4.31. The molecule has 1 aliphatic carbocycles. The van der Waals surface area contributed by atoms with E-state index in [2.05, 4.69) is 44.9 Å². The number of likely N-dealkylation sites (tertiary alicyclic amines) is 1. The van der Waals surface area contributed by atoms with E-state index in [4.69, 9.17) is 4.74 Å². The zero-order valence-electron chi connectivity index (χ0n) is 21.3. The van der Waals surface area contributed by atoms with Crippen molar-refractivity contribution in [1.82, 2.24) is 25.2 Å². The number of hydrogen-bond acceptors (Lipinski definition) is 6. The van der Waals surface area contributed by atoms with Gasteiger partial charge >= 0.3 is 0 Å². The lowest BCUT2D eigenvalue weighted by molar-refractivity contribution is 0.0930. The number of aromatic nitrogens is 3. The van der Waals surface area contributed by atoms with E-state index in [1.807, 2.05) is 37.3 Å². The van der Waals surface area contributed by atoms with Gasteiger partial charge in [-0.2, -0.15) is 0 Å². The molecule has 7 nitrogen and oxygen atoms in total. The highest BCUT2D eigenvalue weighted by atomic mass is 16.5. The molecule has 1 N–H and O–H groups in total. The van der Waals surface area contributed by atoms with E-state index >= 15 is 0 Å². The number of nitrogens with zero attached hydrogens (tertiary/aromatic N) is 4. The lowest BCUT2D eigenvalue weighted by Gasteiger charge is -2.24. The van der Waals surface area contributed by atoms with E-state index in [-0.39, 0.29) is 7.33 Å². The molecular formula is C30H33N5O2. The molecule has 0 spiro atoms. The van der Waals surface area contributed by atoms with Crippen LogP contribution in [0.1, 0.15) is 42.2 Å². The summed E-state index contributed by atoms with van der Waals surface area (Å²) in [5.74, 6) is 1.08. The average Bonchev–Trinajstić information content (AvgIpc) is 3.69. The molecule has 3 heterocycles. The topological polar surface area (TPSA) is 80.2 Å². The van der Waals surface area contributed by atoms with Gasteiger partial charge < -0.3 is 15.0 Å². The molecule has 0 bridgehead atoms. The van der Waals surface area contributed by atoms with E-state index in [1.165, 1.54) is 25.8 Å². The van der Waals surface area contributed by atoms with Gasteiger partial charge in [0.25, 0.3) is 5.91 Å².